The first kappa shape index (κ1) is 105. The topological polar surface area (TPSA) is 498 Å². The van der Waals surface area contributed by atoms with Crippen LogP contribution in [-0.2, 0) is 102 Å². The van der Waals surface area contributed by atoms with Crippen molar-refractivity contribution in [1.29, 1.82) is 0 Å². The van der Waals surface area contributed by atoms with E-state index >= 15 is 0 Å². The van der Waals surface area contributed by atoms with Gasteiger partial charge in [0.1, 0.15) is 59.6 Å². The van der Waals surface area contributed by atoms with Gasteiger partial charge in [-0.05, 0) is 148 Å². The second-order valence-electron chi connectivity index (χ2n) is 37.4. The van der Waals surface area contributed by atoms with Crippen LogP contribution < -0.4 is 37.6 Å². The summed E-state index contributed by atoms with van der Waals surface area (Å²) >= 11 is 0. The van der Waals surface area contributed by atoms with E-state index in [0.29, 0.717) is 213 Å². The molecule has 139 heavy (non-hydrogen) atoms. The largest absolute Gasteiger partial charge is 0.460 e. The molecule has 0 spiro atoms. The molecule has 2 bridgehead atoms. The Balaban J connectivity index is 0.501. The van der Waals surface area contributed by atoms with E-state index in [9.17, 15) is 43.8 Å². The Morgan fingerprint density at radius 2 is 1.40 bits per heavy atom. The molecule has 4 fully saturated rings. The number of hydrogen-bond donors (Lipinski definition) is 7. The molecule has 754 valence electrons. The molecule has 1 aliphatic carbocycles. The number of aliphatic hydroxyl groups is 2. The Hall–Kier alpha value is -11.4. The molecule has 10 N–H and O–H groups in total. The third kappa shape index (κ3) is 27.5. The summed E-state index contributed by atoms with van der Waals surface area (Å²) in [6, 6.07) is 10.7. The van der Waals surface area contributed by atoms with Crippen molar-refractivity contribution in [1.82, 2.24) is 65.1 Å². The highest BCUT2D eigenvalue weighted by molar-refractivity contribution is 6.39. The minimum Gasteiger partial charge on any atom is -0.460 e. The van der Waals surface area contributed by atoms with Crippen LogP contribution in [0.15, 0.2) is 113 Å². The number of nitrogen functional groups attached to an aromatic ring is 3. The number of aromatic nitrogens is 9. The Labute approximate surface area is 810 Å². The number of fused-ring (bicyclic) bond motifs is 6. The monoisotopic (exact) mass is 1930 g/mol. The Morgan fingerprint density at radius 1 is 0.676 bits per heavy atom. The lowest BCUT2D eigenvalue weighted by Gasteiger charge is -2.43. The van der Waals surface area contributed by atoms with E-state index in [1.807, 2.05) is 109 Å². The van der Waals surface area contributed by atoms with Gasteiger partial charge in [-0.2, -0.15) is 15.1 Å². The predicted octanol–water partition coefficient (Wildman–Crippen LogP) is 8.98. The van der Waals surface area contributed by atoms with Crippen LogP contribution in [0.2, 0.25) is 0 Å². The van der Waals surface area contributed by atoms with Crippen LogP contribution in [0.1, 0.15) is 165 Å². The third-order valence-corrected chi connectivity index (χ3v) is 27.5. The number of hydrogen-bond acceptors (Lipinski definition) is 34. The first-order chi connectivity index (χ1) is 67.0. The quantitative estimate of drug-likeness (QED) is 0.00921. The summed E-state index contributed by atoms with van der Waals surface area (Å²) < 4.78 is 72.8. The Kier molecular flexibility index (Phi) is 37.9. The summed E-state index contributed by atoms with van der Waals surface area (Å²) in [6.45, 7) is 19.6. The molecule has 16 atom stereocenters. The van der Waals surface area contributed by atoms with Gasteiger partial charge >= 0.3 is 12.1 Å². The number of nitrogens with two attached hydrogens (primary N) is 3. The number of piperidine rings is 1. The zero-order valence-electron chi connectivity index (χ0n) is 81.7. The maximum absolute atomic E-state index is 15.0. The van der Waals surface area contributed by atoms with Crippen molar-refractivity contribution in [2.24, 2.45) is 35.5 Å². The van der Waals surface area contributed by atoms with Gasteiger partial charge in [-0.15, -0.1) is 0 Å². The van der Waals surface area contributed by atoms with Crippen molar-refractivity contribution >= 4 is 93.0 Å². The van der Waals surface area contributed by atoms with Crippen LogP contribution in [0, 0.1) is 35.5 Å². The van der Waals surface area contributed by atoms with E-state index in [1.165, 1.54) is 30.1 Å². The Bertz CT molecular complexity index is 5450. The molecule has 0 radical (unpaired) electrons. The van der Waals surface area contributed by atoms with Gasteiger partial charge in [0.25, 0.3) is 23.6 Å². The van der Waals surface area contributed by atoms with Crippen LogP contribution in [-0.4, -0.2) is 294 Å². The highest BCUT2D eigenvalue weighted by Crippen LogP contribution is 2.41. The molecule has 2 aromatic carbocycles. The number of nitrogens with zero attached hydrogens (tertiary/aromatic N) is 13. The maximum atomic E-state index is 15.0. The number of allylic oxidation sites excluding steroid dienone is 5. The molecule has 4 amide bonds. The normalized spacial score (nSPS) is 26.8. The number of carbonyl (C=O) groups is 7. The zero-order valence-corrected chi connectivity index (χ0v) is 81.7. The summed E-state index contributed by atoms with van der Waals surface area (Å²) in [6.07, 6.45) is 17.2. The van der Waals surface area contributed by atoms with E-state index in [-0.39, 0.29) is 99.0 Å². The number of esters is 1. The molecule has 39 nitrogen and oxygen atoms in total. The number of benzene rings is 2. The molecule has 10 heterocycles. The van der Waals surface area contributed by atoms with Crippen LogP contribution in [0.3, 0.4) is 0 Å². The second-order valence-corrected chi connectivity index (χ2v) is 37.4. The van der Waals surface area contributed by atoms with Crippen molar-refractivity contribution in [3.05, 3.63) is 137 Å². The SMILES string of the molecule is COC1C[C@@H]2CC[C@@H](C)[C@@](O)(O2)C(=O)C(=O)N2CCCC[C@H]2C(=O)O[C@H]([C@H](C)C[C@@H]2CC[C@@H](OC(=O)NCc3cnc(N4CCN(c5ncc(C(=O)NCCOCCOCCOCCOCCC(=O)N6CCc7cc(Cn8nc(-c9ccc%10oc(N)nc%10c9)c9c(N)ncnc98)ccc7C6)c(N)n5)CC4)nc3)[C@H](OC)C2)C[C@@H](OC)[C@H](C)/C=C(\C)[C@@H](O)[C@@H](OC)C(=O)[C@H](C)C[C@H](C)/C=C/C=C/C=C/1C. The molecule has 6 aliphatic rings. The lowest BCUT2D eigenvalue weighted by atomic mass is 9.78. The van der Waals surface area contributed by atoms with Gasteiger partial charge in [0.15, 0.2) is 17.0 Å². The number of rotatable bonds is 31. The minimum atomic E-state index is -2.47. The van der Waals surface area contributed by atoms with Gasteiger partial charge in [-0.3, -0.25) is 24.0 Å². The number of ketones is 2. The fraction of sp³-hybridized carbons (Fsp3) is 0.590. The lowest BCUT2D eigenvalue weighted by Crippen LogP contribution is -2.61. The summed E-state index contributed by atoms with van der Waals surface area (Å²) in [5, 5.41) is 35.3. The average Bonchev–Trinajstić information content (AvgIpc) is 1.60. The highest BCUT2D eigenvalue weighted by Gasteiger charge is 2.54. The number of methoxy groups -OCH3 is 4. The van der Waals surface area contributed by atoms with E-state index in [0.717, 1.165) is 22.3 Å². The minimum absolute atomic E-state index is 0.000989. The molecule has 13 rings (SSSR count). The van der Waals surface area contributed by atoms with Crippen LogP contribution in [0.4, 0.5) is 34.3 Å². The molecule has 3 saturated heterocycles. The van der Waals surface area contributed by atoms with Crippen LogP contribution >= 0.6 is 0 Å². The van der Waals surface area contributed by atoms with Crippen molar-refractivity contribution in [3.8, 4) is 11.3 Å². The summed E-state index contributed by atoms with van der Waals surface area (Å²) in [7, 11) is 6.13. The Morgan fingerprint density at radius 3 is 2.12 bits per heavy atom. The third-order valence-electron chi connectivity index (χ3n) is 27.5. The number of cyclic esters (lactones) is 1. The number of anilines is 5. The lowest BCUT2D eigenvalue weighted by molar-refractivity contribution is -0.265. The summed E-state index contributed by atoms with van der Waals surface area (Å²) in [5.41, 5.74) is 27.1. The van der Waals surface area contributed by atoms with Gasteiger partial charge in [-0.1, -0.05) is 89.3 Å². The fourth-order valence-corrected chi connectivity index (χ4v) is 19.4. The summed E-state index contributed by atoms with van der Waals surface area (Å²) in [4.78, 5) is 137. The number of ether oxygens (including phenoxy) is 11. The van der Waals surface area contributed by atoms with Gasteiger partial charge in [0.2, 0.25) is 23.6 Å². The molecule has 1 saturated carbocycles. The van der Waals surface area contributed by atoms with E-state index in [2.05, 4.69) is 57.7 Å². The van der Waals surface area contributed by atoms with Crippen molar-refractivity contribution in [2.75, 3.05) is 154 Å². The van der Waals surface area contributed by atoms with E-state index in [1.54, 1.807) is 53.6 Å². The number of oxazole rings is 1. The second kappa shape index (κ2) is 50.2. The number of alkyl carbamates (subject to hydrolysis) is 1. The van der Waals surface area contributed by atoms with Gasteiger partial charge in [0.05, 0.1) is 101 Å². The number of amides is 4. The van der Waals surface area contributed by atoms with Gasteiger partial charge < -0.3 is 114 Å². The van der Waals surface area contributed by atoms with Crippen LogP contribution in [0.5, 0.6) is 0 Å². The zero-order chi connectivity index (χ0) is 99.0. The average molecular weight is 1930 g/mol. The number of Topliss-reactive ketones (excluding diaryl/α,β-unsaturated/α-hetero) is 2. The van der Waals surface area contributed by atoms with Crippen molar-refractivity contribution in [2.45, 2.75) is 219 Å². The number of nitrogens with one attached hydrogen (secondary N) is 2. The number of aliphatic hydroxyl groups excluding tert-OH is 1. The maximum Gasteiger partial charge on any atom is 0.407 e. The molecular weight excluding hydrogens is 1790 g/mol. The highest BCUT2D eigenvalue weighted by atomic mass is 16.6. The number of piperazine rings is 1. The smallest absolute Gasteiger partial charge is 0.407 e. The van der Waals surface area contributed by atoms with E-state index < -0.39 is 108 Å². The molecule has 5 aliphatic heterocycles. The first-order valence-corrected chi connectivity index (χ1v) is 48.5. The first-order valence-electron chi connectivity index (χ1n) is 48.5. The molecule has 1 unspecified atom stereocenters. The summed E-state index contributed by atoms with van der Waals surface area (Å²) in [5.74, 6) is -6.69. The fourth-order valence-electron chi connectivity index (χ4n) is 19.4. The predicted molar refractivity (Wildman–Crippen MR) is 517 cm³/mol. The molecule has 5 aromatic heterocycles. The van der Waals surface area contributed by atoms with Crippen molar-refractivity contribution in [3.63, 3.8) is 0 Å². The van der Waals surface area contributed by atoms with Gasteiger partial charge in [0, 0.05) is 148 Å². The van der Waals surface area contributed by atoms with E-state index in [4.69, 9.17) is 78.8 Å². The number of carbonyl (C=O) groups excluding carboxylic acids is 7. The molecule has 7 aromatic rings. The molecular formula is C100H138N18O21. The van der Waals surface area contributed by atoms with Gasteiger partial charge in [-0.25, -0.2) is 39.2 Å². The van der Waals surface area contributed by atoms with Crippen LogP contribution in [0.25, 0.3) is 33.4 Å². The van der Waals surface area contributed by atoms with Crippen molar-refractivity contribution < 1.29 is 100 Å². The molecule has 39 heteroatoms. The standard InChI is InChI=1S/C100H138N18O21/c1-60-17-13-12-14-18-61(2)79(128-8)51-73-25-20-66(7)100(127,139-73)89(122)94(124)117-31-16-15-19-76(117)95(125)136-81(52-80(129-9)62(3)46-65(6)87(121)88(131-11)86(120)64(5)45-60)63(4)47-67-22-26-78(82(49-67)130-10)138-99(126)108-55-69-53-105-97(106-54-69)114-33-35-115(36-34-114)98-107-56-74(90(101)112-98)93(123)104-30-38-133-40-42-135-44-43-134-41-39-132-37-29-83(119)116-32-28-70-48-68(21-23-72(70)58-116)57-118-92-84(91(102)109-59-110-92)85(113-118)71-24-27-77-75(50-71)111-96(103)137-77/h12-14,17-18,21,23-24,27,46,48,50,53-54,56,59-60,62-64,66-67,73,76,78-82,87-88,121,127H,15-16,19-20,22,25-26,28-45,47,49,51-52,55,57-58H2,1-11H3,(H2,103,111)(H,104,123)(H,108,126)(H2,101,107,112)(H2,102,109,110)/b14-12+,17-13+,61-18+,65-46+/t60-,62-,63-,64-,66-,67+,73+,76+,78-,79?,80-,81+,82-,87-,88+,100-/m1/s1.